The van der Waals surface area contributed by atoms with Gasteiger partial charge in [0.15, 0.2) is 12.4 Å². The van der Waals surface area contributed by atoms with E-state index >= 15 is 0 Å². The van der Waals surface area contributed by atoms with E-state index in [0.717, 1.165) is 16.5 Å². The molecule has 0 saturated carbocycles. The van der Waals surface area contributed by atoms with Crippen molar-refractivity contribution >= 4 is 16.9 Å². The minimum Gasteiger partial charge on any atom is -0.452 e. The molecular formula is C20H15N3O3. The first kappa shape index (κ1) is 16.0. The third-order valence-corrected chi connectivity index (χ3v) is 3.90. The van der Waals surface area contributed by atoms with Crippen LogP contribution < -0.4 is 0 Å². The van der Waals surface area contributed by atoms with Gasteiger partial charge in [-0.1, -0.05) is 53.7 Å². The lowest BCUT2D eigenvalue weighted by Crippen LogP contribution is -2.07. The molecule has 2 aromatic heterocycles. The van der Waals surface area contributed by atoms with Gasteiger partial charge in [-0.15, -0.1) is 0 Å². The maximum Gasteiger partial charge on any atom is 0.339 e. The first-order valence-electron chi connectivity index (χ1n) is 8.12. The van der Waals surface area contributed by atoms with Crippen LogP contribution >= 0.6 is 0 Å². The monoisotopic (exact) mass is 345 g/mol. The Balaban J connectivity index is 1.71. The number of aromatic nitrogens is 3. The molecule has 0 aliphatic rings. The van der Waals surface area contributed by atoms with Crippen LogP contribution in [0.3, 0.4) is 0 Å². The second kappa shape index (κ2) is 6.76. The lowest BCUT2D eigenvalue weighted by molar-refractivity contribution is 0.0432. The topological polar surface area (TPSA) is 78.1 Å². The van der Waals surface area contributed by atoms with E-state index in [1.807, 2.05) is 54.6 Å². The number of hydrogen-bond acceptors (Lipinski definition) is 6. The summed E-state index contributed by atoms with van der Waals surface area (Å²) in [6.07, 6.45) is 0. The van der Waals surface area contributed by atoms with Crippen molar-refractivity contribution in [1.29, 1.82) is 0 Å². The van der Waals surface area contributed by atoms with E-state index in [1.165, 1.54) is 0 Å². The van der Waals surface area contributed by atoms with Gasteiger partial charge in [-0.25, -0.2) is 9.78 Å². The number of pyridine rings is 1. The minimum atomic E-state index is -0.461. The largest absolute Gasteiger partial charge is 0.452 e. The zero-order chi connectivity index (χ0) is 17.9. The first-order valence-corrected chi connectivity index (χ1v) is 8.12. The molecule has 0 radical (unpaired) electrons. The Hall–Kier alpha value is -3.54. The van der Waals surface area contributed by atoms with Gasteiger partial charge in [0.2, 0.25) is 0 Å². The van der Waals surface area contributed by atoms with Gasteiger partial charge in [0.25, 0.3) is 5.89 Å². The summed E-state index contributed by atoms with van der Waals surface area (Å²) >= 11 is 0. The fourth-order valence-corrected chi connectivity index (χ4v) is 2.70. The van der Waals surface area contributed by atoms with Crippen molar-refractivity contribution in [3.05, 3.63) is 77.9 Å². The Labute approximate surface area is 149 Å². The highest BCUT2D eigenvalue weighted by atomic mass is 16.6. The van der Waals surface area contributed by atoms with Crippen LogP contribution in [0.15, 0.2) is 65.2 Å². The summed E-state index contributed by atoms with van der Waals surface area (Å²) in [5.74, 6) is 0.297. The summed E-state index contributed by atoms with van der Waals surface area (Å²) in [4.78, 5) is 21.4. The van der Waals surface area contributed by atoms with Crippen LogP contribution in [-0.4, -0.2) is 21.1 Å². The average molecular weight is 345 g/mol. The Morgan fingerprint density at radius 2 is 1.81 bits per heavy atom. The lowest BCUT2D eigenvalue weighted by atomic mass is 10.0. The Morgan fingerprint density at radius 1 is 1.04 bits per heavy atom. The van der Waals surface area contributed by atoms with Crippen LogP contribution in [0.25, 0.3) is 22.2 Å². The number of carbonyl (C=O) groups excluding carboxylic acids is 1. The van der Waals surface area contributed by atoms with Gasteiger partial charge in [-0.2, -0.15) is 4.98 Å². The molecule has 4 rings (SSSR count). The van der Waals surface area contributed by atoms with Crippen molar-refractivity contribution < 1.29 is 14.1 Å². The summed E-state index contributed by atoms with van der Waals surface area (Å²) in [7, 11) is 0. The summed E-state index contributed by atoms with van der Waals surface area (Å²) < 4.78 is 10.3. The molecule has 0 N–H and O–H groups in total. The smallest absolute Gasteiger partial charge is 0.339 e. The van der Waals surface area contributed by atoms with Crippen LogP contribution in [0.5, 0.6) is 0 Å². The van der Waals surface area contributed by atoms with Crippen LogP contribution in [-0.2, 0) is 11.3 Å². The second-order valence-corrected chi connectivity index (χ2v) is 5.75. The number of para-hydroxylation sites is 1. The quantitative estimate of drug-likeness (QED) is 0.521. The molecule has 26 heavy (non-hydrogen) atoms. The molecule has 0 bridgehead atoms. The molecule has 2 aromatic carbocycles. The van der Waals surface area contributed by atoms with E-state index in [4.69, 9.17) is 9.26 Å². The molecule has 0 unspecified atom stereocenters. The van der Waals surface area contributed by atoms with Gasteiger partial charge in [0.05, 0.1) is 16.8 Å². The number of ether oxygens (including phenoxy) is 1. The molecule has 6 nitrogen and oxygen atoms in total. The van der Waals surface area contributed by atoms with Crippen molar-refractivity contribution in [3.8, 4) is 11.3 Å². The normalized spacial score (nSPS) is 10.8. The zero-order valence-electron chi connectivity index (χ0n) is 14.0. The minimum absolute atomic E-state index is 0.0724. The van der Waals surface area contributed by atoms with Crippen molar-refractivity contribution in [2.75, 3.05) is 0 Å². The number of esters is 1. The van der Waals surface area contributed by atoms with Gasteiger partial charge >= 0.3 is 5.97 Å². The van der Waals surface area contributed by atoms with Crippen LogP contribution in [0.1, 0.15) is 22.1 Å². The summed E-state index contributed by atoms with van der Waals surface area (Å²) in [5, 5.41) is 4.42. The fourth-order valence-electron chi connectivity index (χ4n) is 2.70. The number of nitrogens with zero attached hydrogens (tertiary/aromatic N) is 3. The molecule has 0 saturated heterocycles. The first-order chi connectivity index (χ1) is 12.7. The molecule has 0 spiro atoms. The molecule has 6 heteroatoms. The Kier molecular flexibility index (Phi) is 4.15. The highest BCUT2D eigenvalue weighted by Gasteiger charge is 2.16. The van der Waals surface area contributed by atoms with Crippen molar-refractivity contribution in [2.45, 2.75) is 13.5 Å². The zero-order valence-corrected chi connectivity index (χ0v) is 14.0. The number of rotatable bonds is 4. The summed E-state index contributed by atoms with van der Waals surface area (Å²) in [6.45, 7) is 1.63. The Bertz CT molecular complexity index is 1070. The van der Waals surface area contributed by atoms with Crippen molar-refractivity contribution in [1.82, 2.24) is 15.1 Å². The third-order valence-electron chi connectivity index (χ3n) is 3.90. The molecule has 4 aromatic rings. The van der Waals surface area contributed by atoms with Gasteiger partial charge < -0.3 is 9.26 Å². The molecule has 0 aliphatic heterocycles. The third kappa shape index (κ3) is 3.17. The molecule has 0 aliphatic carbocycles. The number of hydrogen-bond donors (Lipinski definition) is 0. The highest BCUT2D eigenvalue weighted by Crippen LogP contribution is 2.25. The van der Waals surface area contributed by atoms with Crippen LogP contribution in [0.2, 0.25) is 0 Å². The van der Waals surface area contributed by atoms with Crippen molar-refractivity contribution in [2.24, 2.45) is 0 Å². The van der Waals surface area contributed by atoms with Crippen molar-refractivity contribution in [3.63, 3.8) is 0 Å². The number of carbonyl (C=O) groups is 1. The molecule has 128 valence electrons. The summed E-state index contributed by atoms with van der Waals surface area (Å²) in [6, 6.07) is 18.9. The number of fused-ring (bicyclic) bond motifs is 1. The lowest BCUT2D eigenvalue weighted by Gasteiger charge is -2.09. The molecule has 0 amide bonds. The highest BCUT2D eigenvalue weighted by molar-refractivity contribution is 6.04. The Morgan fingerprint density at radius 3 is 2.58 bits per heavy atom. The number of benzene rings is 2. The van der Waals surface area contributed by atoms with E-state index in [9.17, 15) is 4.79 Å². The predicted octanol–water partition coefficient (Wildman–Crippen LogP) is 3.95. The van der Waals surface area contributed by atoms with E-state index in [0.29, 0.717) is 17.1 Å². The van der Waals surface area contributed by atoms with Crippen LogP contribution in [0, 0.1) is 6.92 Å². The van der Waals surface area contributed by atoms with E-state index in [2.05, 4.69) is 15.1 Å². The van der Waals surface area contributed by atoms with E-state index < -0.39 is 5.97 Å². The SMILES string of the molecule is Cc1noc(COC(=O)c2cc(-c3ccccc3)nc3ccccc23)n1. The predicted molar refractivity (Wildman–Crippen MR) is 95.3 cm³/mol. The van der Waals surface area contributed by atoms with Gasteiger partial charge in [0.1, 0.15) is 0 Å². The van der Waals surface area contributed by atoms with E-state index in [1.54, 1.807) is 13.0 Å². The van der Waals surface area contributed by atoms with Gasteiger partial charge in [-0.05, 0) is 19.1 Å². The fraction of sp³-hybridized carbons (Fsp3) is 0.100. The van der Waals surface area contributed by atoms with Crippen LogP contribution in [0.4, 0.5) is 0 Å². The molecule has 2 heterocycles. The molecular weight excluding hydrogens is 330 g/mol. The average Bonchev–Trinajstić information content (AvgIpc) is 3.11. The standard InChI is InChI=1S/C20H15N3O3/c1-13-21-19(26-23-13)12-25-20(24)16-11-18(14-7-3-2-4-8-14)22-17-10-6-5-9-15(16)17/h2-11H,12H2,1H3. The summed E-state index contributed by atoms with van der Waals surface area (Å²) in [5.41, 5.74) is 2.82. The maximum absolute atomic E-state index is 12.7. The van der Waals surface area contributed by atoms with E-state index in [-0.39, 0.29) is 12.5 Å². The molecule has 0 atom stereocenters. The van der Waals surface area contributed by atoms with Gasteiger partial charge in [-0.3, -0.25) is 0 Å². The number of aryl methyl sites for hydroxylation is 1. The van der Waals surface area contributed by atoms with Gasteiger partial charge in [0, 0.05) is 10.9 Å². The second-order valence-electron chi connectivity index (χ2n) is 5.75. The molecule has 0 fully saturated rings. The maximum atomic E-state index is 12.7.